The fourth-order valence-electron chi connectivity index (χ4n) is 3.21. The number of carbonyl (C=O) groups is 1. The molecule has 2 N–H and O–H groups in total. The van der Waals surface area contributed by atoms with E-state index < -0.39 is 0 Å². The zero-order valence-electron chi connectivity index (χ0n) is 14.7. The molecule has 2 fully saturated rings. The van der Waals surface area contributed by atoms with Crippen LogP contribution in [0, 0.1) is 0 Å². The lowest BCUT2D eigenvalue weighted by molar-refractivity contribution is 0.0168. The standard InChI is InChI=1S/C18H28N4O3/c23-18(20-9-5-12-24-14-15-6-4-13-25-15)21-16-7-3-8-19-17(16)22-10-1-2-11-22/h3,7-8,15H,1-2,4-6,9-14H2,(H2,20,21,23)/t15-/m0/s1. The largest absolute Gasteiger partial charge is 0.379 e. The fourth-order valence-corrected chi connectivity index (χ4v) is 3.21. The molecule has 138 valence electrons. The average Bonchev–Trinajstić information content (AvgIpc) is 3.32. The summed E-state index contributed by atoms with van der Waals surface area (Å²) in [6.07, 6.45) is 7.37. The Morgan fingerprint density at radius 2 is 2.24 bits per heavy atom. The van der Waals surface area contributed by atoms with Crippen LogP contribution in [0.3, 0.4) is 0 Å². The van der Waals surface area contributed by atoms with Crippen molar-refractivity contribution in [3.05, 3.63) is 18.3 Å². The summed E-state index contributed by atoms with van der Waals surface area (Å²) in [7, 11) is 0. The molecule has 0 saturated carbocycles. The summed E-state index contributed by atoms with van der Waals surface area (Å²) in [5, 5.41) is 5.78. The van der Waals surface area contributed by atoms with Crippen molar-refractivity contribution in [2.75, 3.05) is 49.7 Å². The van der Waals surface area contributed by atoms with Gasteiger partial charge in [0.05, 0.1) is 18.4 Å². The van der Waals surface area contributed by atoms with Crippen LogP contribution in [0.5, 0.6) is 0 Å². The molecule has 0 radical (unpaired) electrons. The Morgan fingerprint density at radius 1 is 1.36 bits per heavy atom. The van der Waals surface area contributed by atoms with Crippen LogP contribution >= 0.6 is 0 Å². The molecule has 1 atom stereocenters. The van der Waals surface area contributed by atoms with E-state index in [4.69, 9.17) is 9.47 Å². The number of nitrogens with one attached hydrogen (secondary N) is 2. The second-order valence-corrected chi connectivity index (χ2v) is 6.51. The van der Waals surface area contributed by atoms with Gasteiger partial charge in [-0.15, -0.1) is 0 Å². The van der Waals surface area contributed by atoms with Crippen molar-refractivity contribution in [2.45, 2.75) is 38.2 Å². The lowest BCUT2D eigenvalue weighted by atomic mass is 10.2. The summed E-state index contributed by atoms with van der Waals surface area (Å²) in [6, 6.07) is 3.53. The molecule has 0 spiro atoms. The number of hydrogen-bond acceptors (Lipinski definition) is 5. The van der Waals surface area contributed by atoms with Crippen molar-refractivity contribution in [3.8, 4) is 0 Å². The summed E-state index contributed by atoms with van der Waals surface area (Å²) in [5.74, 6) is 0.857. The van der Waals surface area contributed by atoms with E-state index in [-0.39, 0.29) is 12.1 Å². The van der Waals surface area contributed by atoms with Crippen LogP contribution in [0.15, 0.2) is 18.3 Å². The van der Waals surface area contributed by atoms with Gasteiger partial charge in [0.25, 0.3) is 0 Å². The Balaban J connectivity index is 1.33. The Kier molecular flexibility index (Phi) is 6.88. The Hall–Kier alpha value is -1.86. The number of rotatable bonds is 8. The quantitative estimate of drug-likeness (QED) is 0.706. The van der Waals surface area contributed by atoms with Gasteiger partial charge in [0.15, 0.2) is 5.82 Å². The molecule has 2 aliphatic rings. The first-order chi connectivity index (χ1) is 12.3. The maximum atomic E-state index is 12.1. The number of amides is 2. The minimum atomic E-state index is -0.201. The van der Waals surface area contributed by atoms with Gasteiger partial charge in [-0.25, -0.2) is 9.78 Å². The van der Waals surface area contributed by atoms with E-state index in [1.54, 1.807) is 6.20 Å². The molecular weight excluding hydrogens is 320 g/mol. The van der Waals surface area contributed by atoms with Gasteiger partial charge in [-0.1, -0.05) is 0 Å². The zero-order chi connectivity index (χ0) is 17.3. The number of aromatic nitrogens is 1. The number of pyridine rings is 1. The first-order valence-corrected chi connectivity index (χ1v) is 9.27. The third-order valence-electron chi connectivity index (χ3n) is 4.52. The Bertz CT molecular complexity index is 543. The van der Waals surface area contributed by atoms with Crippen molar-refractivity contribution < 1.29 is 14.3 Å². The second-order valence-electron chi connectivity index (χ2n) is 6.51. The molecule has 0 bridgehead atoms. The van der Waals surface area contributed by atoms with Gasteiger partial charge in [-0.2, -0.15) is 0 Å². The van der Waals surface area contributed by atoms with E-state index in [0.29, 0.717) is 19.8 Å². The van der Waals surface area contributed by atoms with Crippen LogP contribution in [0.4, 0.5) is 16.3 Å². The van der Waals surface area contributed by atoms with Crippen LogP contribution in [0.1, 0.15) is 32.1 Å². The molecule has 7 nitrogen and oxygen atoms in total. The van der Waals surface area contributed by atoms with E-state index in [9.17, 15) is 4.79 Å². The summed E-state index contributed by atoms with van der Waals surface area (Å²) >= 11 is 0. The summed E-state index contributed by atoms with van der Waals surface area (Å²) < 4.78 is 11.1. The van der Waals surface area contributed by atoms with Crippen LogP contribution in [0.2, 0.25) is 0 Å². The highest BCUT2D eigenvalue weighted by Crippen LogP contribution is 2.25. The van der Waals surface area contributed by atoms with Gasteiger partial charge in [0.2, 0.25) is 0 Å². The number of urea groups is 1. The molecule has 1 aromatic rings. The van der Waals surface area contributed by atoms with E-state index >= 15 is 0 Å². The van der Waals surface area contributed by atoms with Crippen molar-refractivity contribution in [1.82, 2.24) is 10.3 Å². The molecule has 3 heterocycles. The Morgan fingerprint density at radius 3 is 3.04 bits per heavy atom. The first kappa shape index (κ1) is 17.9. The zero-order valence-corrected chi connectivity index (χ0v) is 14.7. The minimum Gasteiger partial charge on any atom is -0.379 e. The van der Waals surface area contributed by atoms with Crippen LogP contribution in [-0.2, 0) is 9.47 Å². The number of ether oxygens (including phenoxy) is 2. The molecule has 2 saturated heterocycles. The molecule has 25 heavy (non-hydrogen) atoms. The third-order valence-corrected chi connectivity index (χ3v) is 4.52. The third kappa shape index (κ3) is 5.57. The molecule has 2 aliphatic heterocycles. The van der Waals surface area contributed by atoms with Gasteiger partial charge >= 0.3 is 6.03 Å². The van der Waals surface area contributed by atoms with Crippen molar-refractivity contribution in [2.24, 2.45) is 0 Å². The number of anilines is 2. The summed E-state index contributed by atoms with van der Waals surface area (Å²) in [4.78, 5) is 18.7. The molecule has 0 aromatic carbocycles. The second kappa shape index (κ2) is 9.58. The maximum Gasteiger partial charge on any atom is 0.319 e. The van der Waals surface area contributed by atoms with Gasteiger partial charge in [0, 0.05) is 39.0 Å². The van der Waals surface area contributed by atoms with Crippen molar-refractivity contribution in [3.63, 3.8) is 0 Å². The van der Waals surface area contributed by atoms with E-state index in [1.807, 2.05) is 12.1 Å². The van der Waals surface area contributed by atoms with E-state index in [1.165, 1.54) is 12.8 Å². The van der Waals surface area contributed by atoms with Gasteiger partial charge in [-0.05, 0) is 44.2 Å². The summed E-state index contributed by atoms with van der Waals surface area (Å²) in [6.45, 7) is 4.71. The first-order valence-electron chi connectivity index (χ1n) is 9.27. The SMILES string of the molecule is O=C(NCCCOC[C@@H]1CCCO1)Nc1cccnc1N1CCCC1. The van der Waals surface area contributed by atoms with Crippen LogP contribution in [-0.4, -0.2) is 56.6 Å². The number of carbonyl (C=O) groups excluding carboxylic acids is 1. The molecule has 0 aliphatic carbocycles. The predicted molar refractivity (Wildman–Crippen MR) is 97.1 cm³/mol. The van der Waals surface area contributed by atoms with Crippen molar-refractivity contribution >= 4 is 17.5 Å². The minimum absolute atomic E-state index is 0.201. The van der Waals surface area contributed by atoms with E-state index in [0.717, 1.165) is 50.5 Å². The highest BCUT2D eigenvalue weighted by Gasteiger charge is 2.18. The predicted octanol–water partition coefficient (Wildman–Crippen LogP) is 2.39. The topological polar surface area (TPSA) is 75.7 Å². The fraction of sp³-hybridized carbons (Fsp3) is 0.667. The molecule has 3 rings (SSSR count). The molecule has 2 amide bonds. The van der Waals surface area contributed by atoms with Crippen LogP contribution in [0.25, 0.3) is 0 Å². The highest BCUT2D eigenvalue weighted by atomic mass is 16.5. The van der Waals surface area contributed by atoms with Gasteiger partial charge < -0.3 is 25.0 Å². The average molecular weight is 348 g/mol. The highest BCUT2D eigenvalue weighted by molar-refractivity contribution is 5.92. The molecule has 0 unspecified atom stereocenters. The molecular formula is C18H28N4O3. The smallest absolute Gasteiger partial charge is 0.319 e. The Labute approximate surface area is 149 Å². The normalized spacial score (nSPS) is 20.0. The van der Waals surface area contributed by atoms with Crippen LogP contribution < -0.4 is 15.5 Å². The monoisotopic (exact) mass is 348 g/mol. The lowest BCUT2D eigenvalue weighted by Gasteiger charge is -2.20. The van der Waals surface area contributed by atoms with Gasteiger partial charge in [0.1, 0.15) is 0 Å². The van der Waals surface area contributed by atoms with Crippen molar-refractivity contribution in [1.29, 1.82) is 0 Å². The summed E-state index contributed by atoms with van der Waals surface area (Å²) in [5.41, 5.74) is 0.761. The van der Waals surface area contributed by atoms with Gasteiger partial charge in [-0.3, -0.25) is 0 Å². The number of nitrogens with zero attached hydrogens (tertiary/aromatic N) is 2. The molecule has 1 aromatic heterocycles. The molecule has 7 heteroatoms. The van der Waals surface area contributed by atoms with E-state index in [2.05, 4.69) is 20.5 Å². The number of hydrogen-bond donors (Lipinski definition) is 2. The lowest BCUT2D eigenvalue weighted by Crippen LogP contribution is -2.31. The maximum absolute atomic E-state index is 12.1.